The van der Waals surface area contributed by atoms with E-state index in [9.17, 15) is 0 Å². The number of ether oxygens (including phenoxy) is 1. The van der Waals surface area contributed by atoms with Gasteiger partial charge in [-0.2, -0.15) is 0 Å². The van der Waals surface area contributed by atoms with Crippen LogP contribution in [-0.4, -0.2) is 24.3 Å². The fraction of sp³-hybridized carbons (Fsp3) is 0.905. The highest BCUT2D eigenvalue weighted by Crippen LogP contribution is 2.71. The summed E-state index contributed by atoms with van der Waals surface area (Å²) >= 11 is 0. The van der Waals surface area contributed by atoms with Gasteiger partial charge in [0.1, 0.15) is 0 Å². The van der Waals surface area contributed by atoms with E-state index in [1.165, 1.54) is 44.9 Å². The van der Waals surface area contributed by atoms with Crippen molar-refractivity contribution in [3.8, 4) is 0 Å². The molecule has 3 aliphatic carbocycles. The Hall–Kier alpha value is -0.880. The molecule has 1 aliphatic heterocycles. The highest BCUT2D eigenvalue weighted by Gasteiger charge is 2.64. The number of rotatable bonds is 11. The van der Waals surface area contributed by atoms with Gasteiger partial charge in [-0.1, -0.05) is 115 Å². The summed E-state index contributed by atoms with van der Waals surface area (Å²) in [6, 6.07) is 0.560. The van der Waals surface area contributed by atoms with Crippen LogP contribution in [0, 0.1) is 56.7 Å². The average molecular weight is 659 g/mol. The second-order valence-corrected chi connectivity index (χ2v) is 18.7. The second-order valence-electron chi connectivity index (χ2n) is 18.7. The Labute approximate surface area is 293 Å². The number of allylic oxidation sites excluding steroid dienone is 3. The Balaban J connectivity index is 0.00000185. The number of nitrogens with two attached hydrogens (primary N) is 3. The van der Waals surface area contributed by atoms with E-state index in [1.807, 2.05) is 13.8 Å². The lowest BCUT2D eigenvalue weighted by Crippen LogP contribution is -2.59. The smallest absolute Gasteiger partial charge is 0.0650 e. The molecule has 5 nitrogen and oxygen atoms in total. The molecule has 0 saturated heterocycles. The molecule has 2 bridgehead atoms. The number of hydrogen-bond acceptors (Lipinski definition) is 5. The van der Waals surface area contributed by atoms with Gasteiger partial charge >= 0.3 is 0 Å². The van der Waals surface area contributed by atoms with Crippen LogP contribution in [0.3, 0.4) is 0 Å². The van der Waals surface area contributed by atoms with Crippen LogP contribution in [-0.2, 0) is 4.74 Å². The predicted octanol–water partition coefficient (Wildman–Crippen LogP) is 10.1. The first-order valence-electron chi connectivity index (χ1n) is 19.7. The monoisotopic (exact) mass is 659 g/mol. The number of nitrogens with one attached hydrogen (secondary N) is 1. The maximum atomic E-state index is 7.01. The fourth-order valence-corrected chi connectivity index (χ4v) is 11.0. The maximum absolute atomic E-state index is 7.01. The topological polar surface area (TPSA) is 99.3 Å². The number of hydrazine groups is 1. The van der Waals surface area contributed by atoms with Gasteiger partial charge in [0.25, 0.3) is 0 Å². The predicted molar refractivity (Wildman–Crippen MR) is 205 cm³/mol. The minimum atomic E-state index is -0.308. The van der Waals surface area contributed by atoms with Gasteiger partial charge in [-0.25, -0.2) is 0 Å². The van der Waals surface area contributed by atoms with Gasteiger partial charge in [0.2, 0.25) is 0 Å². The fourth-order valence-electron chi connectivity index (χ4n) is 11.0. The lowest BCUT2D eigenvalue weighted by Gasteiger charge is -2.66. The Morgan fingerprint density at radius 2 is 1.57 bits per heavy atom. The zero-order chi connectivity index (χ0) is 36.2. The van der Waals surface area contributed by atoms with Crippen molar-refractivity contribution in [1.29, 1.82) is 0 Å². The zero-order valence-corrected chi connectivity index (χ0v) is 34.0. The normalized spacial score (nSPS) is 35.8. The Kier molecular flexibility index (Phi) is 14.4. The minimum Gasteiger partial charge on any atom is -0.388 e. The maximum Gasteiger partial charge on any atom is 0.0650 e. The molecular formula is C42H82N4O. The molecule has 0 radical (unpaired) electrons. The van der Waals surface area contributed by atoms with Crippen molar-refractivity contribution in [2.45, 2.75) is 179 Å². The van der Waals surface area contributed by atoms with Crippen molar-refractivity contribution in [2.75, 3.05) is 6.61 Å². The molecule has 0 aromatic carbocycles. The third kappa shape index (κ3) is 7.89. The number of hydrogen-bond donors (Lipinski definition) is 4. The molecule has 5 heteroatoms. The SMILES string of the molecule is CC.CC[C@](C)(C(CCC(C)C)OCC(C)(N)C(C)C)C1CCC2C(=CC[C@]34C=CN[C@H](C(C)C)[C@@](C)(CCC23C)C4)C1(C)C.NN. The van der Waals surface area contributed by atoms with Gasteiger partial charge in [-0.05, 0) is 128 Å². The van der Waals surface area contributed by atoms with E-state index in [2.05, 4.69) is 125 Å². The Morgan fingerprint density at radius 3 is 2.11 bits per heavy atom. The van der Waals surface area contributed by atoms with E-state index in [1.54, 1.807) is 5.57 Å². The third-order valence-electron chi connectivity index (χ3n) is 14.6. The molecule has 0 aromatic heterocycles. The third-order valence-corrected chi connectivity index (χ3v) is 14.6. The summed E-state index contributed by atoms with van der Waals surface area (Å²) in [5.41, 5.74) is 9.44. The largest absolute Gasteiger partial charge is 0.388 e. The van der Waals surface area contributed by atoms with E-state index in [0.717, 1.165) is 12.8 Å². The molecule has 2 fully saturated rings. The quantitative estimate of drug-likeness (QED) is 0.101. The van der Waals surface area contributed by atoms with Gasteiger partial charge in [-0.15, -0.1) is 0 Å². The molecular weight excluding hydrogens is 576 g/mol. The summed E-state index contributed by atoms with van der Waals surface area (Å²) in [6.45, 7) is 36.3. The molecule has 4 aliphatic rings. The number of fused-ring (bicyclic) bond motifs is 3. The van der Waals surface area contributed by atoms with Crippen molar-refractivity contribution in [3.63, 3.8) is 0 Å². The van der Waals surface area contributed by atoms with E-state index in [0.29, 0.717) is 53.1 Å². The summed E-state index contributed by atoms with van der Waals surface area (Å²) in [5, 5.41) is 3.90. The summed E-state index contributed by atoms with van der Waals surface area (Å²) in [4.78, 5) is 0. The summed E-state index contributed by atoms with van der Waals surface area (Å²) < 4.78 is 7.01. The molecule has 7 N–H and O–H groups in total. The standard InChI is InChI=1S/C40H72N2O.C2H6.H4N2/c1-14-37(11,33(18-15-27(2)3)43-26-39(13,41)29(6)7)32-17-16-31-30(35(32,8)9)19-20-40-23-24-42-34(28(4)5)36(10,25-40)21-22-38(31,40)12;2*1-2/h19,23-24,27-29,31-34,42H,14-18,20-22,25-26,41H2,1-13H3;1-2H3;1-2H2/t31?,32?,33?,34-,36+,37+,38?,39?,40-;;/m1../s1. The average Bonchev–Trinajstić information content (AvgIpc) is 3.13. The molecule has 47 heavy (non-hydrogen) atoms. The first kappa shape index (κ1) is 42.3. The van der Waals surface area contributed by atoms with Gasteiger partial charge in [-0.3, -0.25) is 11.7 Å². The summed E-state index contributed by atoms with van der Waals surface area (Å²) in [6.07, 6.45) is 19.3. The van der Waals surface area contributed by atoms with Crippen molar-refractivity contribution in [3.05, 3.63) is 23.9 Å². The van der Waals surface area contributed by atoms with Crippen LogP contribution in [0.1, 0.15) is 162 Å². The lowest BCUT2D eigenvalue weighted by atomic mass is 9.38. The van der Waals surface area contributed by atoms with Crippen LogP contribution in [0.15, 0.2) is 23.9 Å². The van der Waals surface area contributed by atoms with Crippen LogP contribution in [0.5, 0.6) is 0 Å². The van der Waals surface area contributed by atoms with Crippen LogP contribution >= 0.6 is 0 Å². The summed E-state index contributed by atoms with van der Waals surface area (Å²) in [5.74, 6) is 11.0. The van der Waals surface area contributed by atoms with E-state index in [4.69, 9.17) is 10.5 Å². The Bertz CT molecular complexity index is 1050. The van der Waals surface area contributed by atoms with E-state index >= 15 is 0 Å². The van der Waals surface area contributed by atoms with Crippen molar-refractivity contribution < 1.29 is 4.74 Å². The van der Waals surface area contributed by atoms with Crippen LogP contribution in [0.4, 0.5) is 0 Å². The highest BCUT2D eigenvalue weighted by atomic mass is 16.5. The molecule has 0 amide bonds. The minimum absolute atomic E-state index is 0.106. The molecule has 1 heterocycles. The molecule has 5 unspecified atom stereocenters. The van der Waals surface area contributed by atoms with Gasteiger partial charge in [0, 0.05) is 11.6 Å². The summed E-state index contributed by atoms with van der Waals surface area (Å²) in [7, 11) is 0. The van der Waals surface area contributed by atoms with Gasteiger partial charge < -0.3 is 15.8 Å². The molecule has 4 rings (SSSR count). The van der Waals surface area contributed by atoms with Crippen LogP contribution in [0.25, 0.3) is 0 Å². The highest BCUT2D eigenvalue weighted by molar-refractivity contribution is 5.34. The first-order valence-corrected chi connectivity index (χ1v) is 19.7. The Morgan fingerprint density at radius 1 is 0.957 bits per heavy atom. The van der Waals surface area contributed by atoms with Gasteiger partial charge in [0.15, 0.2) is 0 Å². The molecule has 0 aromatic rings. The van der Waals surface area contributed by atoms with Gasteiger partial charge in [0.05, 0.1) is 12.7 Å². The first-order chi connectivity index (χ1) is 21.8. The molecule has 1 spiro atoms. The van der Waals surface area contributed by atoms with Crippen LogP contribution in [0.2, 0.25) is 0 Å². The van der Waals surface area contributed by atoms with Crippen molar-refractivity contribution in [1.82, 2.24) is 5.32 Å². The molecule has 9 atom stereocenters. The lowest BCUT2D eigenvalue weighted by molar-refractivity contribution is -0.132. The molecule has 276 valence electrons. The van der Waals surface area contributed by atoms with Crippen LogP contribution < -0.4 is 22.7 Å². The van der Waals surface area contributed by atoms with Crippen molar-refractivity contribution >= 4 is 0 Å². The van der Waals surface area contributed by atoms with E-state index in [-0.39, 0.29) is 27.9 Å². The van der Waals surface area contributed by atoms with Crippen molar-refractivity contribution in [2.24, 2.45) is 74.1 Å². The molecule has 2 saturated carbocycles. The second kappa shape index (κ2) is 16.0. The zero-order valence-electron chi connectivity index (χ0n) is 34.0. The van der Waals surface area contributed by atoms with E-state index < -0.39 is 0 Å².